The van der Waals surface area contributed by atoms with Gasteiger partial charge in [0.05, 0.1) is 22.7 Å². The van der Waals surface area contributed by atoms with Crippen molar-refractivity contribution in [3.8, 4) is 0 Å². The van der Waals surface area contributed by atoms with Crippen LogP contribution in [0.3, 0.4) is 0 Å². The van der Waals surface area contributed by atoms with E-state index in [1.807, 2.05) is 60.7 Å². The third kappa shape index (κ3) is 5.69. The van der Waals surface area contributed by atoms with Crippen molar-refractivity contribution in [1.29, 1.82) is 0 Å². The normalized spacial score (nSPS) is 10.6. The van der Waals surface area contributed by atoms with Gasteiger partial charge in [-0.1, -0.05) is 72.4 Å². The lowest BCUT2D eigenvalue weighted by Gasteiger charge is -2.18. The van der Waals surface area contributed by atoms with Gasteiger partial charge in [-0.05, 0) is 23.3 Å². The van der Waals surface area contributed by atoms with Gasteiger partial charge in [-0.25, -0.2) is 4.98 Å². The number of thioether (sulfide) groups is 1. The first-order valence-corrected chi connectivity index (χ1v) is 9.81. The minimum absolute atomic E-state index is 0.0410. The Kier molecular flexibility index (Phi) is 6.81. The number of benzene rings is 2. The van der Waals surface area contributed by atoms with Gasteiger partial charge in [0.25, 0.3) is 0 Å². The van der Waals surface area contributed by atoms with Crippen LogP contribution < -0.4 is 5.32 Å². The molecule has 0 radical (unpaired) electrons. The molecule has 1 aromatic heterocycles. The average molecular weight is 392 g/mol. The summed E-state index contributed by atoms with van der Waals surface area (Å²) in [5.41, 5.74) is 2.76. The Balaban J connectivity index is 1.68. The zero-order valence-electron chi connectivity index (χ0n) is 15.1. The van der Waals surface area contributed by atoms with Gasteiger partial charge in [-0.15, -0.1) is 0 Å². The lowest BCUT2D eigenvalue weighted by atomic mass is 9.88. The standard InChI is InChI=1S/C22H20N2O3S/c25-20(24-18-11-12-21(23-14-18)28-15-22(26)27)13-19(16-7-3-1-4-8-16)17-9-5-2-6-10-17/h1-12,14,19H,13,15H2,(H,24,25)(H,26,27). The van der Waals surface area contributed by atoms with E-state index >= 15 is 0 Å². The van der Waals surface area contributed by atoms with Gasteiger partial charge in [-0.3, -0.25) is 9.59 Å². The fourth-order valence-electron chi connectivity index (χ4n) is 2.87. The number of carbonyl (C=O) groups is 2. The quantitative estimate of drug-likeness (QED) is 0.555. The maximum Gasteiger partial charge on any atom is 0.313 e. The number of nitrogens with one attached hydrogen (secondary N) is 1. The van der Waals surface area contributed by atoms with E-state index in [1.165, 1.54) is 0 Å². The van der Waals surface area contributed by atoms with Crippen molar-refractivity contribution >= 4 is 29.3 Å². The summed E-state index contributed by atoms with van der Waals surface area (Å²) in [6.45, 7) is 0. The lowest BCUT2D eigenvalue weighted by Crippen LogP contribution is -2.16. The Hall–Kier alpha value is -3.12. The largest absolute Gasteiger partial charge is 0.481 e. The molecule has 1 amide bonds. The first kappa shape index (κ1) is 19.6. The number of anilines is 1. The molecule has 0 saturated heterocycles. The monoisotopic (exact) mass is 392 g/mol. The number of nitrogens with zero attached hydrogens (tertiary/aromatic N) is 1. The molecule has 3 aromatic rings. The highest BCUT2D eigenvalue weighted by atomic mass is 32.2. The van der Waals surface area contributed by atoms with Gasteiger partial charge in [0.1, 0.15) is 0 Å². The van der Waals surface area contributed by atoms with Crippen molar-refractivity contribution in [2.24, 2.45) is 0 Å². The van der Waals surface area contributed by atoms with Gasteiger partial charge in [0.15, 0.2) is 0 Å². The fraction of sp³-hybridized carbons (Fsp3) is 0.136. The molecule has 0 spiro atoms. The summed E-state index contributed by atoms with van der Waals surface area (Å²) in [6.07, 6.45) is 1.85. The van der Waals surface area contributed by atoms with Crippen molar-refractivity contribution in [3.05, 3.63) is 90.1 Å². The highest BCUT2D eigenvalue weighted by Gasteiger charge is 2.18. The molecule has 0 aliphatic carbocycles. The number of carbonyl (C=O) groups excluding carboxylic acids is 1. The summed E-state index contributed by atoms with van der Waals surface area (Å²) < 4.78 is 0. The minimum Gasteiger partial charge on any atom is -0.481 e. The predicted molar refractivity (Wildman–Crippen MR) is 111 cm³/mol. The Morgan fingerprint density at radius 2 is 1.54 bits per heavy atom. The molecule has 0 bridgehead atoms. The summed E-state index contributed by atoms with van der Waals surface area (Å²) in [5.74, 6) is -1.09. The van der Waals surface area contributed by atoms with Gasteiger partial charge < -0.3 is 10.4 Å². The van der Waals surface area contributed by atoms with Crippen LogP contribution in [0.1, 0.15) is 23.5 Å². The second kappa shape index (κ2) is 9.71. The average Bonchev–Trinajstić information content (AvgIpc) is 2.73. The number of pyridine rings is 1. The summed E-state index contributed by atoms with van der Waals surface area (Å²) in [7, 11) is 0. The summed E-state index contributed by atoms with van der Waals surface area (Å²) in [4.78, 5) is 27.4. The molecular weight excluding hydrogens is 372 g/mol. The number of rotatable bonds is 8. The molecule has 3 rings (SSSR count). The van der Waals surface area contributed by atoms with E-state index in [0.29, 0.717) is 17.1 Å². The predicted octanol–water partition coefficient (Wildman–Crippen LogP) is 4.42. The lowest BCUT2D eigenvalue weighted by molar-refractivity contribution is -0.133. The van der Waals surface area contributed by atoms with Crippen LogP contribution in [0.25, 0.3) is 0 Å². The number of amides is 1. The zero-order valence-corrected chi connectivity index (χ0v) is 15.9. The van der Waals surface area contributed by atoms with Gasteiger partial charge >= 0.3 is 5.97 Å². The molecule has 2 aromatic carbocycles. The van der Waals surface area contributed by atoms with Gasteiger partial charge in [0, 0.05) is 12.3 Å². The number of aliphatic carboxylic acids is 1. The highest BCUT2D eigenvalue weighted by Crippen LogP contribution is 2.28. The maximum atomic E-state index is 12.6. The second-order valence-electron chi connectivity index (χ2n) is 6.19. The van der Waals surface area contributed by atoms with Crippen molar-refractivity contribution < 1.29 is 14.7 Å². The first-order valence-electron chi connectivity index (χ1n) is 8.82. The first-order chi connectivity index (χ1) is 13.6. The van der Waals surface area contributed by atoms with Crippen LogP contribution in [0.15, 0.2) is 84.0 Å². The van der Waals surface area contributed by atoms with Gasteiger partial charge in [-0.2, -0.15) is 0 Å². The van der Waals surface area contributed by atoms with Crippen LogP contribution in [0.5, 0.6) is 0 Å². The van der Waals surface area contributed by atoms with Crippen molar-refractivity contribution in [2.75, 3.05) is 11.1 Å². The molecule has 0 aliphatic heterocycles. The molecule has 6 heteroatoms. The molecule has 0 aliphatic rings. The Morgan fingerprint density at radius 1 is 0.929 bits per heavy atom. The van der Waals surface area contributed by atoms with Crippen molar-refractivity contribution in [1.82, 2.24) is 4.98 Å². The molecule has 142 valence electrons. The Bertz CT molecular complexity index is 876. The van der Waals surface area contributed by atoms with E-state index in [9.17, 15) is 9.59 Å². The van der Waals surface area contributed by atoms with E-state index in [1.54, 1.807) is 18.3 Å². The van der Waals surface area contributed by atoms with Crippen LogP contribution in [-0.2, 0) is 9.59 Å². The minimum atomic E-state index is -0.892. The van der Waals surface area contributed by atoms with E-state index in [-0.39, 0.29) is 17.6 Å². The third-order valence-corrected chi connectivity index (χ3v) is 5.09. The molecule has 0 fully saturated rings. The van der Waals surface area contributed by atoms with Gasteiger partial charge in [0.2, 0.25) is 5.91 Å². The molecule has 2 N–H and O–H groups in total. The SMILES string of the molecule is O=C(O)CSc1ccc(NC(=O)CC(c2ccccc2)c2ccccc2)cn1. The molecule has 0 saturated carbocycles. The molecule has 5 nitrogen and oxygen atoms in total. The molecule has 28 heavy (non-hydrogen) atoms. The van der Waals surface area contributed by atoms with Crippen LogP contribution in [0, 0.1) is 0 Å². The van der Waals surface area contributed by atoms with Crippen LogP contribution in [0.4, 0.5) is 5.69 Å². The Labute approximate surface area is 167 Å². The third-order valence-electron chi connectivity index (χ3n) is 4.16. The van der Waals surface area contributed by atoms with E-state index in [2.05, 4.69) is 10.3 Å². The zero-order chi connectivity index (χ0) is 19.8. The number of aromatic nitrogens is 1. The summed E-state index contributed by atoms with van der Waals surface area (Å²) >= 11 is 1.14. The van der Waals surface area contributed by atoms with E-state index in [0.717, 1.165) is 22.9 Å². The fourth-order valence-corrected chi connectivity index (χ4v) is 3.43. The van der Waals surface area contributed by atoms with Crippen LogP contribution >= 0.6 is 11.8 Å². The molecule has 0 atom stereocenters. The topological polar surface area (TPSA) is 79.3 Å². The van der Waals surface area contributed by atoms with Crippen LogP contribution in [0.2, 0.25) is 0 Å². The highest BCUT2D eigenvalue weighted by molar-refractivity contribution is 7.99. The molecular formula is C22H20N2O3S. The molecule has 1 heterocycles. The Morgan fingerprint density at radius 3 is 2.04 bits per heavy atom. The summed E-state index contributed by atoms with van der Waals surface area (Å²) in [5, 5.41) is 12.2. The number of hydrogen-bond donors (Lipinski definition) is 2. The van der Waals surface area contributed by atoms with E-state index < -0.39 is 5.97 Å². The van der Waals surface area contributed by atoms with E-state index in [4.69, 9.17) is 5.11 Å². The number of carboxylic acid groups (broad SMARTS) is 1. The van der Waals surface area contributed by atoms with Crippen molar-refractivity contribution in [3.63, 3.8) is 0 Å². The second-order valence-corrected chi connectivity index (χ2v) is 7.19. The number of hydrogen-bond acceptors (Lipinski definition) is 4. The smallest absolute Gasteiger partial charge is 0.313 e. The molecule has 0 unspecified atom stereocenters. The maximum absolute atomic E-state index is 12.6. The number of carboxylic acids is 1. The summed E-state index contributed by atoms with van der Waals surface area (Å²) in [6, 6.07) is 23.4. The van der Waals surface area contributed by atoms with Crippen molar-refractivity contribution in [2.45, 2.75) is 17.4 Å². The van der Waals surface area contributed by atoms with Crippen LogP contribution in [-0.4, -0.2) is 27.7 Å².